The molecule has 0 unspecified atom stereocenters. The summed E-state index contributed by atoms with van der Waals surface area (Å²) in [4.78, 5) is 0. The summed E-state index contributed by atoms with van der Waals surface area (Å²) in [7, 11) is 0. The monoisotopic (exact) mass is 264 g/mol. The Bertz CT molecular complexity index is 269. The number of rotatable bonds is 0. The summed E-state index contributed by atoms with van der Waals surface area (Å²) in [5.41, 5.74) is 0.554. The van der Waals surface area contributed by atoms with Crippen LogP contribution in [0, 0.1) is 5.21 Å². The van der Waals surface area contributed by atoms with E-state index in [0.29, 0.717) is 11.4 Å². The Labute approximate surface area is 74.9 Å². The standard InChI is InChI=1S/C6H5IN2O2/c10-9-5-3-1-2-4-6(5)11-7-8-9/h1-4,8H/q-2. The Morgan fingerprint density at radius 1 is 1.45 bits per heavy atom. The van der Waals surface area contributed by atoms with E-state index in [9.17, 15) is 5.21 Å². The summed E-state index contributed by atoms with van der Waals surface area (Å²) in [6, 6.07) is 7.17. The van der Waals surface area contributed by atoms with Gasteiger partial charge >= 0.3 is 74.7 Å². The van der Waals surface area contributed by atoms with E-state index in [-0.39, 0.29) is 0 Å². The van der Waals surface area contributed by atoms with Gasteiger partial charge in [-0.05, 0) is 0 Å². The molecule has 1 aliphatic rings. The molecule has 11 heavy (non-hydrogen) atoms. The van der Waals surface area contributed by atoms with Gasteiger partial charge in [0.1, 0.15) is 0 Å². The SMILES string of the molecule is [O-]N1N[I-]Oc2ccccc21. The van der Waals surface area contributed by atoms with E-state index in [1.807, 2.05) is 6.07 Å². The topological polar surface area (TPSA) is 47.6 Å². The first kappa shape index (κ1) is 7.14. The molecule has 0 atom stereocenters. The predicted molar refractivity (Wildman–Crippen MR) is 36.1 cm³/mol. The molecule has 1 heterocycles. The second-order valence-electron chi connectivity index (χ2n) is 2.00. The third-order valence-electron chi connectivity index (χ3n) is 1.32. The zero-order chi connectivity index (χ0) is 7.68. The molecule has 60 valence electrons. The average Bonchev–Trinajstić information content (AvgIpc) is 2.06. The molecule has 0 fully saturated rings. The molecule has 1 aromatic carbocycles. The summed E-state index contributed by atoms with van der Waals surface area (Å²) in [5.74, 6) is 0.675. The van der Waals surface area contributed by atoms with Gasteiger partial charge in [-0.15, -0.1) is 0 Å². The van der Waals surface area contributed by atoms with Crippen LogP contribution in [0.5, 0.6) is 5.75 Å². The minimum atomic E-state index is -0.651. The van der Waals surface area contributed by atoms with Crippen LogP contribution in [0.1, 0.15) is 0 Å². The van der Waals surface area contributed by atoms with E-state index in [1.54, 1.807) is 18.2 Å². The Morgan fingerprint density at radius 3 is 3.09 bits per heavy atom. The van der Waals surface area contributed by atoms with Crippen LogP contribution in [0.25, 0.3) is 0 Å². The summed E-state index contributed by atoms with van der Waals surface area (Å²) in [6.07, 6.45) is 0. The van der Waals surface area contributed by atoms with E-state index < -0.39 is 21.9 Å². The van der Waals surface area contributed by atoms with E-state index >= 15 is 0 Å². The van der Waals surface area contributed by atoms with Gasteiger partial charge in [0, 0.05) is 0 Å². The van der Waals surface area contributed by atoms with E-state index in [4.69, 9.17) is 3.07 Å². The van der Waals surface area contributed by atoms with Gasteiger partial charge in [-0.25, -0.2) is 0 Å². The molecule has 1 aromatic rings. The van der Waals surface area contributed by atoms with E-state index in [1.165, 1.54) is 0 Å². The molecule has 0 radical (unpaired) electrons. The van der Waals surface area contributed by atoms with E-state index in [2.05, 4.69) is 3.64 Å². The zero-order valence-corrected chi connectivity index (χ0v) is 7.61. The fraction of sp³-hybridized carbons (Fsp3) is 0. The second kappa shape index (κ2) is 2.84. The molecule has 2 rings (SSSR count). The summed E-state index contributed by atoms with van der Waals surface area (Å²) >= 11 is -0.651. The van der Waals surface area contributed by atoms with Gasteiger partial charge in [-0.2, -0.15) is 0 Å². The maximum atomic E-state index is 11.0. The van der Waals surface area contributed by atoms with Crippen molar-refractivity contribution in [3.8, 4) is 5.75 Å². The van der Waals surface area contributed by atoms with Gasteiger partial charge in [-0.1, -0.05) is 0 Å². The first-order chi connectivity index (χ1) is 5.38. The molecular formula is C6H5IN2O2-2. The molecule has 0 bridgehead atoms. The molecule has 0 spiro atoms. The molecular weight excluding hydrogens is 259 g/mol. The fourth-order valence-electron chi connectivity index (χ4n) is 0.826. The first-order valence-corrected chi connectivity index (χ1v) is 4.96. The Kier molecular flexibility index (Phi) is 1.84. The molecule has 1 N–H and O–H groups in total. The zero-order valence-electron chi connectivity index (χ0n) is 5.45. The summed E-state index contributed by atoms with van der Waals surface area (Å²) < 4.78 is 7.85. The fourth-order valence-corrected chi connectivity index (χ4v) is 1.97. The Hall–Kier alpha value is -0.530. The second-order valence-corrected chi connectivity index (χ2v) is 3.36. The van der Waals surface area contributed by atoms with Crippen LogP contribution in [0.2, 0.25) is 0 Å². The van der Waals surface area contributed by atoms with Crippen molar-refractivity contribution in [2.45, 2.75) is 0 Å². The Balaban J connectivity index is 2.44. The van der Waals surface area contributed by atoms with Gasteiger partial charge in [0.15, 0.2) is 0 Å². The van der Waals surface area contributed by atoms with Crippen LogP contribution in [0.3, 0.4) is 0 Å². The summed E-state index contributed by atoms with van der Waals surface area (Å²) in [6.45, 7) is 0. The first-order valence-electron chi connectivity index (χ1n) is 3.00. The van der Waals surface area contributed by atoms with Crippen molar-refractivity contribution >= 4 is 5.69 Å². The van der Waals surface area contributed by atoms with Crippen LogP contribution in [0.15, 0.2) is 24.3 Å². The number of halogens is 1. The molecule has 5 heteroatoms. The minimum absolute atomic E-state index is 0.554. The number of hydrogen-bond acceptors (Lipinski definition) is 4. The summed E-state index contributed by atoms with van der Waals surface area (Å²) in [5, 5.41) is 11.8. The van der Waals surface area contributed by atoms with Gasteiger partial charge in [0.05, 0.1) is 0 Å². The molecule has 4 nitrogen and oxygen atoms in total. The maximum absolute atomic E-state index is 11.0. The predicted octanol–water partition coefficient (Wildman–Crippen LogP) is -2.19. The number of fused-ring (bicyclic) bond motifs is 1. The van der Waals surface area contributed by atoms with Crippen molar-refractivity contribution in [1.82, 2.24) is 3.64 Å². The number of nitrogens with zero attached hydrogens (tertiary/aromatic N) is 1. The van der Waals surface area contributed by atoms with Crippen LogP contribution in [-0.2, 0) is 0 Å². The number of para-hydroxylation sites is 2. The molecule has 0 amide bonds. The molecule has 1 aliphatic heterocycles. The number of nitrogens with one attached hydrogen (secondary N) is 1. The molecule has 0 aromatic heterocycles. The number of hydrazine groups is 1. The van der Waals surface area contributed by atoms with Crippen LogP contribution in [-0.4, -0.2) is 0 Å². The van der Waals surface area contributed by atoms with Gasteiger partial charge in [0.25, 0.3) is 0 Å². The number of anilines is 1. The van der Waals surface area contributed by atoms with Crippen molar-refractivity contribution in [2.75, 3.05) is 5.17 Å². The number of benzene rings is 1. The van der Waals surface area contributed by atoms with Crippen LogP contribution < -0.4 is 33.8 Å². The van der Waals surface area contributed by atoms with E-state index in [0.717, 1.165) is 5.17 Å². The van der Waals surface area contributed by atoms with Crippen LogP contribution >= 0.6 is 0 Å². The molecule has 0 aliphatic carbocycles. The number of hydrogen-bond donors (Lipinski definition) is 1. The van der Waals surface area contributed by atoms with Crippen molar-refractivity contribution in [1.29, 1.82) is 0 Å². The van der Waals surface area contributed by atoms with Crippen molar-refractivity contribution in [2.24, 2.45) is 0 Å². The quantitative estimate of drug-likeness (QED) is 0.427. The van der Waals surface area contributed by atoms with Gasteiger partial charge < -0.3 is 0 Å². The van der Waals surface area contributed by atoms with Crippen LogP contribution in [0.4, 0.5) is 5.69 Å². The van der Waals surface area contributed by atoms with Crippen molar-refractivity contribution in [3.05, 3.63) is 29.5 Å². The van der Waals surface area contributed by atoms with Crippen molar-refractivity contribution in [3.63, 3.8) is 0 Å². The van der Waals surface area contributed by atoms with Crippen molar-refractivity contribution < 1.29 is 25.0 Å². The third-order valence-corrected chi connectivity index (χ3v) is 2.65. The van der Waals surface area contributed by atoms with Gasteiger partial charge in [-0.3, -0.25) is 0 Å². The molecule has 0 saturated carbocycles. The molecule has 0 saturated heterocycles. The normalized spacial score (nSPS) is 16.3. The van der Waals surface area contributed by atoms with Gasteiger partial charge in [0.2, 0.25) is 0 Å². The average molecular weight is 264 g/mol. The Morgan fingerprint density at radius 2 is 2.27 bits per heavy atom. The third kappa shape index (κ3) is 1.26.